The molecule has 2 aromatic rings. The summed E-state index contributed by atoms with van der Waals surface area (Å²) in [4.78, 5) is 11.8. The van der Waals surface area contributed by atoms with Crippen LogP contribution in [0.4, 0.5) is 4.39 Å². The Morgan fingerprint density at radius 1 is 1.53 bits per heavy atom. The second-order valence-electron chi connectivity index (χ2n) is 3.75. The molecular weight excluding hydrogens is 243 g/mol. The predicted octanol–water partition coefficient (Wildman–Crippen LogP) is 2.64. The van der Waals surface area contributed by atoms with E-state index in [1.165, 1.54) is 12.1 Å². The molecule has 0 aliphatic carbocycles. The van der Waals surface area contributed by atoms with E-state index >= 15 is 0 Å². The summed E-state index contributed by atoms with van der Waals surface area (Å²) in [5, 5.41) is 4.23. The molecule has 0 saturated carbocycles. The van der Waals surface area contributed by atoms with Crippen molar-refractivity contribution < 1.29 is 9.18 Å². The zero-order valence-electron chi connectivity index (χ0n) is 9.15. The lowest BCUT2D eigenvalue weighted by Gasteiger charge is -2.01. The standard InChI is InChI=1S/C12H10ClFN2O/c1-16-7-8(6-15-16)4-12(17)10-3-2-9(13)5-11(10)14/h2-3,5-7H,4H2,1H3. The van der Waals surface area contributed by atoms with Crippen LogP contribution in [0.1, 0.15) is 15.9 Å². The number of rotatable bonds is 3. The van der Waals surface area contributed by atoms with Crippen LogP contribution in [0.15, 0.2) is 30.6 Å². The lowest BCUT2D eigenvalue weighted by atomic mass is 10.1. The molecule has 0 atom stereocenters. The Balaban J connectivity index is 2.20. The summed E-state index contributed by atoms with van der Waals surface area (Å²) >= 11 is 5.62. The molecule has 0 aliphatic rings. The third kappa shape index (κ3) is 2.71. The van der Waals surface area contributed by atoms with Crippen LogP contribution < -0.4 is 0 Å². The van der Waals surface area contributed by atoms with E-state index in [9.17, 15) is 9.18 Å². The smallest absolute Gasteiger partial charge is 0.170 e. The number of hydrogen-bond donors (Lipinski definition) is 0. The van der Waals surface area contributed by atoms with Gasteiger partial charge in [-0.05, 0) is 23.8 Å². The number of halogens is 2. The van der Waals surface area contributed by atoms with E-state index in [-0.39, 0.29) is 22.8 Å². The summed E-state index contributed by atoms with van der Waals surface area (Å²) in [6.45, 7) is 0. The fraction of sp³-hybridized carbons (Fsp3) is 0.167. The normalized spacial score (nSPS) is 10.5. The van der Waals surface area contributed by atoms with Crippen LogP contribution in [0.25, 0.3) is 0 Å². The van der Waals surface area contributed by atoms with Crippen molar-refractivity contribution in [1.82, 2.24) is 9.78 Å². The van der Waals surface area contributed by atoms with Crippen LogP contribution in [-0.2, 0) is 13.5 Å². The molecule has 0 radical (unpaired) electrons. The summed E-state index contributed by atoms with van der Waals surface area (Å²) in [7, 11) is 1.76. The molecule has 2 rings (SSSR count). The molecule has 0 spiro atoms. The SMILES string of the molecule is Cn1cc(CC(=O)c2ccc(Cl)cc2F)cn1. The van der Waals surface area contributed by atoms with Gasteiger partial charge in [0.05, 0.1) is 11.8 Å². The van der Waals surface area contributed by atoms with Gasteiger partial charge < -0.3 is 0 Å². The predicted molar refractivity (Wildman–Crippen MR) is 62.7 cm³/mol. The van der Waals surface area contributed by atoms with Gasteiger partial charge in [-0.1, -0.05) is 11.6 Å². The van der Waals surface area contributed by atoms with Crippen molar-refractivity contribution in [3.63, 3.8) is 0 Å². The molecule has 1 aromatic carbocycles. The Morgan fingerprint density at radius 3 is 2.88 bits per heavy atom. The zero-order valence-corrected chi connectivity index (χ0v) is 9.91. The fourth-order valence-corrected chi connectivity index (χ4v) is 1.72. The van der Waals surface area contributed by atoms with Gasteiger partial charge in [0.1, 0.15) is 5.82 Å². The number of aryl methyl sites for hydroxylation is 1. The summed E-state index contributed by atoms with van der Waals surface area (Å²) in [6.07, 6.45) is 3.45. The number of benzene rings is 1. The molecule has 1 aromatic heterocycles. The molecule has 0 unspecified atom stereocenters. The van der Waals surface area contributed by atoms with Gasteiger partial charge >= 0.3 is 0 Å². The van der Waals surface area contributed by atoms with Crippen molar-refractivity contribution in [3.8, 4) is 0 Å². The van der Waals surface area contributed by atoms with Gasteiger partial charge in [-0.15, -0.1) is 0 Å². The van der Waals surface area contributed by atoms with Crippen LogP contribution in [0.5, 0.6) is 0 Å². The molecule has 0 saturated heterocycles. The highest BCUT2D eigenvalue weighted by Gasteiger charge is 2.13. The maximum Gasteiger partial charge on any atom is 0.170 e. The summed E-state index contributed by atoms with van der Waals surface area (Å²) < 4.78 is 15.1. The van der Waals surface area contributed by atoms with Gasteiger partial charge in [-0.25, -0.2) is 4.39 Å². The van der Waals surface area contributed by atoms with E-state index in [1.807, 2.05) is 0 Å². The summed E-state index contributed by atoms with van der Waals surface area (Å²) in [6, 6.07) is 4.04. The van der Waals surface area contributed by atoms with Gasteiger partial charge in [-0.2, -0.15) is 5.10 Å². The van der Waals surface area contributed by atoms with E-state index in [0.717, 1.165) is 11.6 Å². The highest BCUT2D eigenvalue weighted by atomic mass is 35.5. The average molecular weight is 253 g/mol. The minimum Gasteiger partial charge on any atom is -0.294 e. The molecule has 17 heavy (non-hydrogen) atoms. The van der Waals surface area contributed by atoms with Crippen LogP contribution in [0, 0.1) is 5.82 Å². The summed E-state index contributed by atoms with van der Waals surface area (Å²) in [5.41, 5.74) is 0.810. The van der Waals surface area contributed by atoms with Crippen LogP contribution in [-0.4, -0.2) is 15.6 Å². The van der Waals surface area contributed by atoms with E-state index in [2.05, 4.69) is 5.10 Å². The van der Waals surface area contributed by atoms with Crippen molar-refractivity contribution in [2.24, 2.45) is 7.05 Å². The zero-order chi connectivity index (χ0) is 12.4. The van der Waals surface area contributed by atoms with Gasteiger partial charge in [0.25, 0.3) is 0 Å². The minimum absolute atomic E-state index is 0.0539. The average Bonchev–Trinajstić information content (AvgIpc) is 2.63. The van der Waals surface area contributed by atoms with Crippen molar-refractivity contribution in [1.29, 1.82) is 0 Å². The van der Waals surface area contributed by atoms with Crippen molar-refractivity contribution in [2.75, 3.05) is 0 Å². The highest BCUT2D eigenvalue weighted by Crippen LogP contribution is 2.16. The quantitative estimate of drug-likeness (QED) is 0.787. The third-order valence-corrected chi connectivity index (χ3v) is 2.59. The van der Waals surface area contributed by atoms with Crippen molar-refractivity contribution in [2.45, 2.75) is 6.42 Å². The lowest BCUT2D eigenvalue weighted by Crippen LogP contribution is -2.05. The second kappa shape index (κ2) is 4.67. The molecule has 88 valence electrons. The summed E-state index contributed by atoms with van der Waals surface area (Å²) in [5.74, 6) is -0.876. The Hall–Kier alpha value is -1.68. The third-order valence-electron chi connectivity index (χ3n) is 2.35. The Bertz CT molecular complexity index is 565. The van der Waals surface area contributed by atoms with Crippen molar-refractivity contribution in [3.05, 3.63) is 52.6 Å². The van der Waals surface area contributed by atoms with E-state index in [0.29, 0.717) is 0 Å². The van der Waals surface area contributed by atoms with Gasteiger partial charge in [-0.3, -0.25) is 9.48 Å². The first-order valence-electron chi connectivity index (χ1n) is 5.02. The molecule has 0 N–H and O–H groups in total. The van der Waals surface area contributed by atoms with Crippen molar-refractivity contribution >= 4 is 17.4 Å². The number of carbonyl (C=O) groups is 1. The number of hydrogen-bond acceptors (Lipinski definition) is 2. The number of Topliss-reactive ketones (excluding diaryl/α,β-unsaturated/α-hetero) is 1. The number of ketones is 1. The molecule has 0 amide bonds. The molecular formula is C12H10ClFN2O. The molecule has 3 nitrogen and oxygen atoms in total. The second-order valence-corrected chi connectivity index (χ2v) is 4.18. The Morgan fingerprint density at radius 2 is 2.29 bits per heavy atom. The van der Waals surface area contributed by atoms with E-state index in [4.69, 9.17) is 11.6 Å². The lowest BCUT2D eigenvalue weighted by molar-refractivity contribution is 0.0989. The first kappa shape index (κ1) is 11.8. The molecule has 0 fully saturated rings. The molecule has 5 heteroatoms. The molecule has 1 heterocycles. The first-order chi connectivity index (χ1) is 8.06. The molecule has 0 bridgehead atoms. The topological polar surface area (TPSA) is 34.9 Å². The van der Waals surface area contributed by atoms with Crippen LogP contribution >= 0.6 is 11.6 Å². The largest absolute Gasteiger partial charge is 0.294 e. The van der Waals surface area contributed by atoms with E-state index < -0.39 is 5.82 Å². The van der Waals surface area contributed by atoms with Gasteiger partial charge in [0.15, 0.2) is 5.78 Å². The number of carbonyl (C=O) groups excluding carboxylic acids is 1. The van der Waals surface area contributed by atoms with Crippen LogP contribution in [0.2, 0.25) is 5.02 Å². The first-order valence-corrected chi connectivity index (χ1v) is 5.40. The molecule has 0 aliphatic heterocycles. The van der Waals surface area contributed by atoms with Crippen LogP contribution in [0.3, 0.4) is 0 Å². The Labute approximate surface area is 103 Å². The Kier molecular flexibility index (Phi) is 3.24. The van der Waals surface area contributed by atoms with Gasteiger partial charge in [0.2, 0.25) is 0 Å². The highest BCUT2D eigenvalue weighted by molar-refractivity contribution is 6.30. The number of aromatic nitrogens is 2. The number of nitrogens with zero attached hydrogens (tertiary/aromatic N) is 2. The monoisotopic (exact) mass is 252 g/mol. The maximum atomic E-state index is 13.5. The maximum absolute atomic E-state index is 13.5. The minimum atomic E-state index is -0.591. The fourth-order valence-electron chi connectivity index (χ4n) is 1.56. The van der Waals surface area contributed by atoms with E-state index in [1.54, 1.807) is 24.1 Å². The van der Waals surface area contributed by atoms with Gasteiger partial charge in [0, 0.05) is 24.7 Å².